The summed E-state index contributed by atoms with van der Waals surface area (Å²) in [5, 5.41) is 0.962. The van der Waals surface area contributed by atoms with Gasteiger partial charge in [0.25, 0.3) is 0 Å². The van der Waals surface area contributed by atoms with Gasteiger partial charge in [-0.1, -0.05) is 28.8 Å². The van der Waals surface area contributed by atoms with E-state index in [4.69, 9.17) is 4.74 Å². The Morgan fingerprint density at radius 1 is 1.40 bits per heavy atom. The largest absolute Gasteiger partial charge is 0.465 e. The van der Waals surface area contributed by atoms with Gasteiger partial charge in [0.05, 0.1) is 12.7 Å². The molecule has 1 fully saturated rings. The summed E-state index contributed by atoms with van der Waals surface area (Å²) in [7, 11) is 1.43. The molecule has 0 amide bonds. The molecule has 0 atom stereocenters. The molecule has 0 N–H and O–H groups in total. The number of benzene rings is 1. The molecule has 1 aromatic carbocycles. The van der Waals surface area contributed by atoms with E-state index in [0.717, 1.165) is 27.8 Å². The lowest BCUT2D eigenvalue weighted by molar-refractivity contribution is 0.0602. The molecule has 0 unspecified atom stereocenters. The summed E-state index contributed by atoms with van der Waals surface area (Å²) in [6, 6.07) is 6.09. The molecule has 1 heterocycles. The fourth-order valence-corrected chi connectivity index (χ4v) is 3.53. The van der Waals surface area contributed by atoms with Crippen LogP contribution in [0.15, 0.2) is 28.9 Å². The molecule has 2 aromatic rings. The van der Waals surface area contributed by atoms with E-state index in [1.54, 1.807) is 0 Å². The summed E-state index contributed by atoms with van der Waals surface area (Å²) in [5.74, 6) is 0.470. The topological polar surface area (TPSA) is 31.2 Å². The maximum absolute atomic E-state index is 11.9. The molecule has 0 radical (unpaired) electrons. The van der Waals surface area contributed by atoms with Crippen LogP contribution in [0.5, 0.6) is 0 Å². The lowest BCUT2D eigenvalue weighted by Gasteiger charge is -2.11. The minimum atomic E-state index is -0.265. The van der Waals surface area contributed by atoms with Crippen molar-refractivity contribution in [3.8, 4) is 0 Å². The van der Waals surface area contributed by atoms with Gasteiger partial charge in [0.1, 0.15) is 0 Å². The van der Waals surface area contributed by atoms with Crippen molar-refractivity contribution in [1.29, 1.82) is 0 Å². The van der Waals surface area contributed by atoms with Gasteiger partial charge in [-0.2, -0.15) is 0 Å². The smallest absolute Gasteiger partial charge is 0.340 e. The minimum absolute atomic E-state index is 0.265. The van der Waals surface area contributed by atoms with Crippen LogP contribution in [-0.4, -0.2) is 17.6 Å². The average Bonchev–Trinajstić information content (AvgIpc) is 3.06. The zero-order valence-corrected chi connectivity index (χ0v) is 13.1. The number of rotatable bonds is 3. The lowest BCUT2D eigenvalue weighted by atomic mass is 10.1. The monoisotopic (exact) mass is 335 g/mol. The predicted molar refractivity (Wildman–Crippen MR) is 82.9 cm³/mol. The Balaban J connectivity index is 2.05. The van der Waals surface area contributed by atoms with Crippen LogP contribution in [0.1, 0.15) is 36.0 Å². The first kappa shape index (κ1) is 13.7. The molecule has 0 aliphatic heterocycles. The third-order valence-electron chi connectivity index (χ3n) is 4.18. The van der Waals surface area contributed by atoms with Crippen LogP contribution in [0.3, 0.4) is 0 Å². The van der Waals surface area contributed by atoms with E-state index in [0.29, 0.717) is 5.56 Å². The molecule has 0 saturated heterocycles. The molecule has 106 valence electrons. The highest BCUT2D eigenvalue weighted by molar-refractivity contribution is 9.10. The number of carbonyl (C=O) groups excluding carboxylic acids is 1. The van der Waals surface area contributed by atoms with Gasteiger partial charge in [-0.3, -0.25) is 0 Å². The van der Waals surface area contributed by atoms with Crippen LogP contribution >= 0.6 is 15.9 Å². The number of esters is 1. The molecule has 1 aliphatic carbocycles. The first-order valence-electron chi connectivity index (χ1n) is 7.05. The van der Waals surface area contributed by atoms with Gasteiger partial charge in [0.15, 0.2) is 0 Å². The molecular weight excluding hydrogens is 318 g/mol. The number of ether oxygens (including phenoxy) is 1. The van der Waals surface area contributed by atoms with Crippen molar-refractivity contribution >= 4 is 32.8 Å². The van der Waals surface area contributed by atoms with Crippen molar-refractivity contribution in [2.45, 2.75) is 32.2 Å². The van der Waals surface area contributed by atoms with Crippen LogP contribution in [0.25, 0.3) is 10.9 Å². The van der Waals surface area contributed by atoms with E-state index >= 15 is 0 Å². The Labute approximate surface area is 127 Å². The van der Waals surface area contributed by atoms with Crippen molar-refractivity contribution in [2.75, 3.05) is 7.11 Å². The number of halogens is 1. The third-order valence-corrected chi connectivity index (χ3v) is 4.67. The summed E-state index contributed by atoms with van der Waals surface area (Å²) in [5.41, 5.74) is 1.77. The number of methoxy groups -OCH3 is 1. The average molecular weight is 336 g/mol. The summed E-state index contributed by atoms with van der Waals surface area (Å²) in [6.07, 6.45) is 7.20. The van der Waals surface area contributed by atoms with Gasteiger partial charge in [0, 0.05) is 28.1 Å². The summed E-state index contributed by atoms with van der Waals surface area (Å²) in [4.78, 5) is 11.9. The molecule has 3 rings (SSSR count). The van der Waals surface area contributed by atoms with Crippen molar-refractivity contribution in [3.05, 3.63) is 34.4 Å². The summed E-state index contributed by atoms with van der Waals surface area (Å²) in [6.45, 7) is 0.995. The number of hydrogen-bond donors (Lipinski definition) is 0. The highest BCUT2D eigenvalue weighted by Gasteiger charge is 2.20. The van der Waals surface area contributed by atoms with Crippen molar-refractivity contribution < 1.29 is 9.53 Å². The van der Waals surface area contributed by atoms with Crippen LogP contribution in [-0.2, 0) is 11.3 Å². The Kier molecular flexibility index (Phi) is 3.83. The Morgan fingerprint density at radius 2 is 2.15 bits per heavy atom. The molecule has 1 aliphatic rings. The Morgan fingerprint density at radius 3 is 2.85 bits per heavy atom. The minimum Gasteiger partial charge on any atom is -0.465 e. The van der Waals surface area contributed by atoms with E-state index in [1.807, 2.05) is 18.3 Å². The van der Waals surface area contributed by atoms with Crippen molar-refractivity contribution in [2.24, 2.45) is 5.92 Å². The van der Waals surface area contributed by atoms with Crippen molar-refractivity contribution in [1.82, 2.24) is 4.57 Å². The highest BCUT2D eigenvalue weighted by Crippen LogP contribution is 2.30. The SMILES string of the molecule is COC(=O)c1cn(CC2CCCC2)c2ccc(Br)cc12. The van der Waals surface area contributed by atoms with Gasteiger partial charge >= 0.3 is 5.97 Å². The zero-order valence-electron chi connectivity index (χ0n) is 11.6. The second kappa shape index (κ2) is 5.60. The molecule has 1 saturated carbocycles. The van der Waals surface area contributed by atoms with Gasteiger partial charge in [-0.05, 0) is 37.0 Å². The normalized spacial score (nSPS) is 15.9. The third kappa shape index (κ3) is 2.49. The molecule has 20 heavy (non-hydrogen) atoms. The maximum atomic E-state index is 11.9. The number of fused-ring (bicyclic) bond motifs is 1. The lowest BCUT2D eigenvalue weighted by Crippen LogP contribution is -2.06. The Bertz CT molecular complexity index is 641. The molecule has 3 nitrogen and oxygen atoms in total. The predicted octanol–water partition coefficient (Wildman–Crippen LogP) is 4.38. The fraction of sp³-hybridized carbons (Fsp3) is 0.438. The van der Waals surface area contributed by atoms with Crippen molar-refractivity contribution in [3.63, 3.8) is 0 Å². The van der Waals surface area contributed by atoms with Gasteiger partial charge < -0.3 is 9.30 Å². The first-order chi connectivity index (χ1) is 9.69. The standard InChI is InChI=1S/C16H18BrNO2/c1-20-16(19)14-10-18(9-11-4-2-3-5-11)15-7-6-12(17)8-13(14)15/h6-8,10-11H,2-5,9H2,1H3. The second-order valence-corrected chi connectivity index (χ2v) is 6.41. The summed E-state index contributed by atoms with van der Waals surface area (Å²) < 4.78 is 8.09. The van der Waals surface area contributed by atoms with Crippen LogP contribution in [0, 0.1) is 5.92 Å². The van der Waals surface area contributed by atoms with Crippen LogP contribution < -0.4 is 0 Å². The highest BCUT2D eigenvalue weighted by atomic mass is 79.9. The van der Waals surface area contributed by atoms with Crippen LogP contribution in [0.2, 0.25) is 0 Å². The van der Waals surface area contributed by atoms with Crippen LogP contribution in [0.4, 0.5) is 0 Å². The van der Waals surface area contributed by atoms with Gasteiger partial charge in [-0.15, -0.1) is 0 Å². The number of carbonyl (C=O) groups is 1. The first-order valence-corrected chi connectivity index (χ1v) is 7.85. The summed E-state index contributed by atoms with van der Waals surface area (Å²) >= 11 is 3.47. The number of aromatic nitrogens is 1. The second-order valence-electron chi connectivity index (χ2n) is 5.50. The van der Waals surface area contributed by atoms with Gasteiger partial charge in [0.2, 0.25) is 0 Å². The molecule has 1 aromatic heterocycles. The quantitative estimate of drug-likeness (QED) is 0.779. The van der Waals surface area contributed by atoms with Gasteiger partial charge in [-0.25, -0.2) is 4.79 Å². The molecule has 4 heteroatoms. The Hall–Kier alpha value is -1.29. The molecular formula is C16H18BrNO2. The molecule has 0 spiro atoms. The maximum Gasteiger partial charge on any atom is 0.340 e. The van der Waals surface area contributed by atoms with E-state index in [1.165, 1.54) is 32.8 Å². The number of hydrogen-bond acceptors (Lipinski definition) is 2. The number of nitrogens with zero attached hydrogens (tertiary/aromatic N) is 1. The van der Waals surface area contributed by atoms with E-state index < -0.39 is 0 Å². The van der Waals surface area contributed by atoms with E-state index in [9.17, 15) is 4.79 Å². The van der Waals surface area contributed by atoms with E-state index in [2.05, 4.69) is 26.6 Å². The van der Waals surface area contributed by atoms with E-state index in [-0.39, 0.29) is 5.97 Å². The zero-order chi connectivity index (χ0) is 14.1. The molecule has 0 bridgehead atoms. The fourth-order valence-electron chi connectivity index (χ4n) is 3.16.